The molecule has 0 unspecified atom stereocenters. The fourth-order valence-corrected chi connectivity index (χ4v) is 3.03. The van der Waals surface area contributed by atoms with Crippen LogP contribution in [-0.2, 0) is 4.57 Å². The van der Waals surface area contributed by atoms with Gasteiger partial charge in [0.15, 0.2) is 0 Å². The van der Waals surface area contributed by atoms with Crippen LogP contribution in [-0.4, -0.2) is 35.1 Å². The molecule has 0 aliphatic rings. The lowest BCUT2D eigenvalue weighted by molar-refractivity contribution is 0.240. The van der Waals surface area contributed by atoms with Crippen molar-refractivity contribution in [2.75, 3.05) is 19.3 Å². The first-order valence-electron chi connectivity index (χ1n) is 9.67. The summed E-state index contributed by atoms with van der Waals surface area (Å²) in [6, 6.07) is -0.0644. The number of carbonyl (C=O) groups excluding carboxylic acids is 1. The molecule has 6 nitrogen and oxygen atoms in total. The highest BCUT2D eigenvalue weighted by Crippen LogP contribution is 2.35. The van der Waals surface area contributed by atoms with E-state index in [1.165, 1.54) is 0 Å². The highest BCUT2D eigenvalue weighted by atomic mass is 31.2. The van der Waals surface area contributed by atoms with Gasteiger partial charge in [0.2, 0.25) is 0 Å². The van der Waals surface area contributed by atoms with Crippen molar-refractivity contribution in [1.29, 1.82) is 0 Å². The Labute approximate surface area is 153 Å². The third-order valence-electron chi connectivity index (χ3n) is 3.89. The molecule has 0 aliphatic carbocycles. The fourth-order valence-electron chi connectivity index (χ4n) is 2.40. The lowest BCUT2D eigenvalue weighted by atomic mass is 10.1. The zero-order valence-electron chi connectivity index (χ0n) is 15.7. The smallest absolute Gasteiger partial charge is 0.325 e. The molecule has 148 valence electrons. The summed E-state index contributed by atoms with van der Waals surface area (Å²) in [5, 5.41) is 5.73. The first-order chi connectivity index (χ1) is 12.0. The van der Waals surface area contributed by atoms with E-state index >= 15 is 0 Å². The molecule has 0 rings (SSSR count). The van der Waals surface area contributed by atoms with Gasteiger partial charge in [-0.3, -0.25) is 4.57 Å². The number of amides is 2. The van der Waals surface area contributed by atoms with Crippen LogP contribution in [0.2, 0.25) is 0 Å². The van der Waals surface area contributed by atoms with E-state index in [1.807, 2.05) is 0 Å². The van der Waals surface area contributed by atoms with Gasteiger partial charge in [-0.25, -0.2) is 4.79 Å². The lowest BCUT2D eigenvalue weighted by Crippen LogP contribution is -2.36. The van der Waals surface area contributed by atoms with E-state index in [2.05, 4.69) is 29.7 Å². The van der Waals surface area contributed by atoms with Gasteiger partial charge in [0, 0.05) is 19.3 Å². The van der Waals surface area contributed by atoms with E-state index in [4.69, 9.17) is 9.79 Å². The highest BCUT2D eigenvalue weighted by Gasteiger charge is 2.10. The summed E-state index contributed by atoms with van der Waals surface area (Å²) in [6.07, 6.45) is 15.4. The monoisotopic (exact) mass is 376 g/mol. The second-order valence-corrected chi connectivity index (χ2v) is 8.22. The van der Waals surface area contributed by atoms with Crippen LogP contribution >= 0.6 is 7.60 Å². The normalized spacial score (nSPS) is 11.8. The van der Waals surface area contributed by atoms with Gasteiger partial charge in [0.1, 0.15) is 0 Å². The maximum absolute atomic E-state index is 11.5. The number of hydrogen-bond acceptors (Lipinski definition) is 2. The third-order valence-corrected chi connectivity index (χ3v) is 4.78. The molecule has 0 aromatic carbocycles. The van der Waals surface area contributed by atoms with Gasteiger partial charge in [-0.1, -0.05) is 44.8 Å². The summed E-state index contributed by atoms with van der Waals surface area (Å²) < 4.78 is 10.7. The van der Waals surface area contributed by atoms with Crippen molar-refractivity contribution >= 4 is 13.6 Å². The molecule has 7 heteroatoms. The van der Waals surface area contributed by atoms with E-state index in [0.29, 0.717) is 13.0 Å². The van der Waals surface area contributed by atoms with Gasteiger partial charge >= 0.3 is 13.6 Å². The summed E-state index contributed by atoms with van der Waals surface area (Å²) in [5.41, 5.74) is 0. The Balaban J connectivity index is 3.27. The molecule has 0 bridgehead atoms. The average molecular weight is 376 g/mol. The zero-order valence-corrected chi connectivity index (χ0v) is 16.6. The van der Waals surface area contributed by atoms with Gasteiger partial charge in [-0.05, 0) is 44.9 Å². The summed E-state index contributed by atoms with van der Waals surface area (Å²) in [6.45, 7) is 3.61. The van der Waals surface area contributed by atoms with Crippen molar-refractivity contribution in [3.05, 3.63) is 12.2 Å². The van der Waals surface area contributed by atoms with Crippen LogP contribution < -0.4 is 10.6 Å². The van der Waals surface area contributed by atoms with Crippen LogP contribution in [0.15, 0.2) is 12.2 Å². The van der Waals surface area contributed by atoms with Crippen molar-refractivity contribution in [3.63, 3.8) is 0 Å². The molecule has 2 amide bonds. The molecule has 0 aromatic heterocycles. The van der Waals surface area contributed by atoms with E-state index in [9.17, 15) is 9.36 Å². The summed E-state index contributed by atoms with van der Waals surface area (Å²) in [7, 11) is -3.80. The topological polar surface area (TPSA) is 98.7 Å². The summed E-state index contributed by atoms with van der Waals surface area (Å²) in [5.74, 6) is 0. The van der Waals surface area contributed by atoms with Gasteiger partial charge < -0.3 is 20.4 Å². The van der Waals surface area contributed by atoms with Crippen molar-refractivity contribution in [2.45, 2.75) is 77.6 Å². The fraction of sp³-hybridized carbons (Fsp3) is 0.833. The zero-order chi connectivity index (χ0) is 18.8. The SMILES string of the molecule is CCCCCNC(=O)NCCCC/C=C/CCCCCCP(=O)(O)O. The standard InChI is InChI=1S/C18H37N2O4P/c1-2-3-12-15-19-18(21)20-16-13-10-8-6-4-5-7-9-11-14-17-25(22,23)24/h4,6H,2-3,5,7-17H2,1H3,(H2,19,20,21)(H2,22,23,24)/b6-4+. The molecule has 25 heavy (non-hydrogen) atoms. The van der Waals surface area contributed by atoms with Crippen LogP contribution in [0.1, 0.15) is 77.6 Å². The molecule has 0 saturated carbocycles. The predicted octanol–water partition coefficient (Wildman–Crippen LogP) is 4.33. The van der Waals surface area contributed by atoms with E-state index in [0.717, 1.165) is 70.8 Å². The van der Waals surface area contributed by atoms with Crippen LogP contribution in [0.3, 0.4) is 0 Å². The maximum Gasteiger partial charge on any atom is 0.325 e. The van der Waals surface area contributed by atoms with Crippen LogP contribution in [0.4, 0.5) is 4.79 Å². The highest BCUT2D eigenvalue weighted by molar-refractivity contribution is 7.51. The van der Waals surface area contributed by atoms with Gasteiger partial charge in [-0.2, -0.15) is 0 Å². The lowest BCUT2D eigenvalue weighted by Gasteiger charge is -2.06. The number of rotatable bonds is 16. The average Bonchev–Trinajstić information content (AvgIpc) is 2.55. The molecular formula is C18H37N2O4P. The van der Waals surface area contributed by atoms with Crippen molar-refractivity contribution < 1.29 is 19.1 Å². The number of hydrogen-bond donors (Lipinski definition) is 4. The van der Waals surface area contributed by atoms with Gasteiger partial charge in [-0.15, -0.1) is 0 Å². The largest absolute Gasteiger partial charge is 0.338 e. The number of allylic oxidation sites excluding steroid dienone is 2. The first kappa shape index (κ1) is 24.2. The second kappa shape index (κ2) is 16.6. The molecule has 0 atom stereocenters. The molecule has 4 N–H and O–H groups in total. The Kier molecular flexibility index (Phi) is 16.1. The Morgan fingerprint density at radius 2 is 1.36 bits per heavy atom. The molecular weight excluding hydrogens is 339 g/mol. The maximum atomic E-state index is 11.5. The Hall–Kier alpha value is -0.840. The Morgan fingerprint density at radius 3 is 1.92 bits per heavy atom. The molecule has 0 aliphatic heterocycles. The van der Waals surface area contributed by atoms with Crippen molar-refractivity contribution in [3.8, 4) is 0 Å². The number of urea groups is 1. The molecule has 0 saturated heterocycles. The summed E-state index contributed by atoms with van der Waals surface area (Å²) in [4.78, 5) is 28.9. The molecule has 0 radical (unpaired) electrons. The quantitative estimate of drug-likeness (QED) is 0.183. The predicted molar refractivity (Wildman–Crippen MR) is 104 cm³/mol. The molecule has 0 fully saturated rings. The third kappa shape index (κ3) is 21.1. The van der Waals surface area contributed by atoms with Gasteiger partial charge in [0.05, 0.1) is 0 Å². The number of unbranched alkanes of at least 4 members (excludes halogenated alkanes) is 8. The second-order valence-electron chi connectivity index (χ2n) is 6.45. The molecule has 0 spiro atoms. The number of carbonyl (C=O) groups is 1. The minimum atomic E-state index is -3.80. The Morgan fingerprint density at radius 1 is 0.840 bits per heavy atom. The molecule has 0 aromatic rings. The van der Waals surface area contributed by atoms with Crippen molar-refractivity contribution in [1.82, 2.24) is 10.6 Å². The minimum absolute atomic E-state index is 0.00758. The van der Waals surface area contributed by atoms with E-state index in [1.54, 1.807) is 0 Å². The van der Waals surface area contributed by atoms with E-state index in [-0.39, 0.29) is 12.2 Å². The van der Waals surface area contributed by atoms with Crippen LogP contribution in [0.25, 0.3) is 0 Å². The van der Waals surface area contributed by atoms with E-state index < -0.39 is 7.60 Å². The number of nitrogens with one attached hydrogen (secondary N) is 2. The van der Waals surface area contributed by atoms with Gasteiger partial charge in [0.25, 0.3) is 0 Å². The summed E-state index contributed by atoms with van der Waals surface area (Å²) >= 11 is 0. The molecule has 0 heterocycles. The Bertz CT molecular complexity index is 397. The minimum Gasteiger partial charge on any atom is -0.338 e. The van der Waals surface area contributed by atoms with Crippen molar-refractivity contribution in [2.24, 2.45) is 0 Å². The van der Waals surface area contributed by atoms with Crippen LogP contribution in [0, 0.1) is 0 Å². The first-order valence-corrected chi connectivity index (χ1v) is 11.5. The van der Waals surface area contributed by atoms with Crippen LogP contribution in [0.5, 0.6) is 0 Å².